The van der Waals surface area contributed by atoms with Gasteiger partial charge < -0.3 is 33.2 Å². The Bertz CT molecular complexity index is 1540. The summed E-state index contributed by atoms with van der Waals surface area (Å²) in [5.41, 5.74) is 3.34. The lowest BCUT2D eigenvalue weighted by Gasteiger charge is -2.43. The molecule has 2 heterocycles. The van der Waals surface area contributed by atoms with E-state index < -0.39 is 54.6 Å². The lowest BCUT2D eigenvalue weighted by Crippen LogP contribution is -2.63. The van der Waals surface area contributed by atoms with E-state index in [-0.39, 0.29) is 18.4 Å². The zero-order valence-corrected chi connectivity index (χ0v) is 27.2. The van der Waals surface area contributed by atoms with Gasteiger partial charge in [-0.1, -0.05) is 62.4 Å². The molecule has 0 amide bonds. The molecule has 1 saturated heterocycles. The number of aromatic nitrogens is 2. The minimum atomic E-state index is -1.43. The number of nitrogens with one attached hydrogen (secondary N) is 1. The lowest BCUT2D eigenvalue weighted by molar-refractivity contribution is -0.289. The van der Waals surface area contributed by atoms with Gasteiger partial charge in [0.15, 0.2) is 12.2 Å². The molecule has 0 bridgehead atoms. The molecule has 252 valence electrons. The molecule has 47 heavy (non-hydrogen) atoms. The molecule has 13 nitrogen and oxygen atoms in total. The van der Waals surface area contributed by atoms with Gasteiger partial charge in [-0.15, -0.1) is 5.10 Å². The topological polar surface area (TPSA) is 162 Å². The molecular formula is C34H40N2O11. The van der Waals surface area contributed by atoms with E-state index in [2.05, 4.69) is 10.2 Å². The number of hydrogen-bond donors (Lipinski definition) is 1. The zero-order valence-electron chi connectivity index (χ0n) is 27.2. The molecule has 1 fully saturated rings. The van der Waals surface area contributed by atoms with Crippen LogP contribution in [0.2, 0.25) is 0 Å². The van der Waals surface area contributed by atoms with Crippen molar-refractivity contribution in [1.29, 1.82) is 0 Å². The Morgan fingerprint density at radius 2 is 1.43 bits per heavy atom. The SMILES string of the molecule is CC(=O)OC[C@H]1OC(Oc2n[nH]c(C(C)C)c2Cc2ccccc2OCc2ccccc2)[C@H](OC(C)=O)[C@@H](OC(C)=O)[C@@H]1OC(C)=O. The summed E-state index contributed by atoms with van der Waals surface area (Å²) in [5, 5.41) is 7.47. The maximum Gasteiger partial charge on any atom is 0.303 e. The third-order valence-corrected chi connectivity index (χ3v) is 7.19. The number of benzene rings is 2. The highest BCUT2D eigenvalue weighted by Crippen LogP contribution is 2.35. The molecule has 4 rings (SSSR count). The predicted molar refractivity (Wildman–Crippen MR) is 165 cm³/mol. The van der Waals surface area contributed by atoms with Gasteiger partial charge in [-0.3, -0.25) is 24.3 Å². The average Bonchev–Trinajstić information content (AvgIpc) is 3.40. The highest BCUT2D eigenvalue weighted by Gasteiger charge is 2.53. The third kappa shape index (κ3) is 9.55. The number of carbonyl (C=O) groups is 4. The molecule has 1 aliphatic rings. The minimum Gasteiger partial charge on any atom is -0.489 e. The van der Waals surface area contributed by atoms with Gasteiger partial charge in [-0.25, -0.2) is 0 Å². The second-order valence-electron chi connectivity index (χ2n) is 11.3. The van der Waals surface area contributed by atoms with E-state index in [4.69, 9.17) is 33.2 Å². The molecule has 0 radical (unpaired) electrons. The van der Waals surface area contributed by atoms with Crippen LogP contribution in [-0.2, 0) is 55.9 Å². The second-order valence-corrected chi connectivity index (χ2v) is 11.3. The molecule has 13 heteroatoms. The van der Waals surface area contributed by atoms with E-state index in [1.54, 1.807) is 0 Å². The Kier molecular flexibility index (Phi) is 12.0. The van der Waals surface area contributed by atoms with Crippen molar-refractivity contribution in [3.05, 3.63) is 77.0 Å². The van der Waals surface area contributed by atoms with Crippen LogP contribution in [0.15, 0.2) is 54.6 Å². The van der Waals surface area contributed by atoms with Gasteiger partial charge in [-0.05, 0) is 23.1 Å². The molecule has 1 N–H and O–H groups in total. The van der Waals surface area contributed by atoms with E-state index in [0.717, 1.165) is 37.6 Å². The molecule has 1 unspecified atom stereocenters. The van der Waals surface area contributed by atoms with Crippen LogP contribution < -0.4 is 9.47 Å². The first kappa shape index (κ1) is 35.0. The van der Waals surface area contributed by atoms with Crippen LogP contribution in [0, 0.1) is 0 Å². The first-order valence-corrected chi connectivity index (χ1v) is 15.2. The quantitative estimate of drug-likeness (QED) is 0.208. The summed E-state index contributed by atoms with van der Waals surface area (Å²) in [6.45, 7) is 8.65. The first-order chi connectivity index (χ1) is 22.4. The zero-order chi connectivity index (χ0) is 34.1. The van der Waals surface area contributed by atoms with Crippen LogP contribution in [0.5, 0.6) is 11.6 Å². The summed E-state index contributed by atoms with van der Waals surface area (Å²) in [6, 6.07) is 17.4. The molecule has 3 aromatic rings. The summed E-state index contributed by atoms with van der Waals surface area (Å²) in [7, 11) is 0. The monoisotopic (exact) mass is 652 g/mol. The smallest absolute Gasteiger partial charge is 0.303 e. The van der Waals surface area contributed by atoms with E-state index >= 15 is 0 Å². The van der Waals surface area contributed by atoms with Crippen molar-refractivity contribution in [3.8, 4) is 11.6 Å². The Morgan fingerprint density at radius 1 is 0.809 bits per heavy atom. The van der Waals surface area contributed by atoms with Crippen molar-refractivity contribution in [2.45, 2.75) is 91.2 Å². The van der Waals surface area contributed by atoms with E-state index in [1.165, 1.54) is 6.92 Å². The average molecular weight is 653 g/mol. The maximum atomic E-state index is 12.3. The third-order valence-electron chi connectivity index (χ3n) is 7.19. The lowest BCUT2D eigenvalue weighted by atomic mass is 9.97. The van der Waals surface area contributed by atoms with Crippen molar-refractivity contribution in [1.82, 2.24) is 10.2 Å². The first-order valence-electron chi connectivity index (χ1n) is 15.2. The predicted octanol–water partition coefficient (Wildman–Crippen LogP) is 4.16. The highest BCUT2D eigenvalue weighted by atomic mass is 16.7. The molecule has 5 atom stereocenters. The highest BCUT2D eigenvalue weighted by molar-refractivity contribution is 5.68. The summed E-state index contributed by atoms with van der Waals surface area (Å²) >= 11 is 0. The number of para-hydroxylation sites is 1. The van der Waals surface area contributed by atoms with Gasteiger partial charge in [0.25, 0.3) is 0 Å². The number of nitrogens with zero attached hydrogens (tertiary/aromatic N) is 1. The summed E-state index contributed by atoms with van der Waals surface area (Å²) in [6.07, 6.45) is -6.33. The van der Waals surface area contributed by atoms with E-state index in [9.17, 15) is 19.2 Å². The Labute approximate surface area is 272 Å². The van der Waals surface area contributed by atoms with Gasteiger partial charge in [0.2, 0.25) is 18.3 Å². The molecular weight excluding hydrogens is 612 g/mol. The molecule has 2 aromatic carbocycles. The maximum absolute atomic E-state index is 12.3. The molecule has 0 spiro atoms. The Morgan fingerprint density at radius 3 is 2.06 bits per heavy atom. The van der Waals surface area contributed by atoms with Crippen molar-refractivity contribution in [2.24, 2.45) is 0 Å². The van der Waals surface area contributed by atoms with Crippen LogP contribution >= 0.6 is 0 Å². The molecule has 0 saturated carbocycles. The summed E-state index contributed by atoms with van der Waals surface area (Å²) in [5.74, 6) is -2.03. The number of H-pyrrole nitrogens is 1. The number of ether oxygens (including phenoxy) is 7. The number of aromatic amines is 1. The second kappa shape index (κ2) is 16.1. The summed E-state index contributed by atoms with van der Waals surface area (Å²) in [4.78, 5) is 48.3. The van der Waals surface area contributed by atoms with Gasteiger partial charge >= 0.3 is 23.9 Å². The van der Waals surface area contributed by atoms with E-state index in [0.29, 0.717) is 24.3 Å². The normalized spacial score (nSPS) is 20.6. The van der Waals surface area contributed by atoms with Crippen molar-refractivity contribution < 1.29 is 52.3 Å². The van der Waals surface area contributed by atoms with Gasteiger partial charge in [-0.2, -0.15) is 0 Å². The fourth-order valence-corrected chi connectivity index (χ4v) is 5.22. The van der Waals surface area contributed by atoms with Crippen LogP contribution in [0.4, 0.5) is 0 Å². The van der Waals surface area contributed by atoms with Crippen LogP contribution in [0.3, 0.4) is 0 Å². The van der Waals surface area contributed by atoms with Gasteiger partial charge in [0.1, 0.15) is 25.1 Å². The van der Waals surface area contributed by atoms with Crippen LogP contribution in [0.25, 0.3) is 0 Å². The van der Waals surface area contributed by atoms with Gasteiger partial charge in [0, 0.05) is 45.4 Å². The standard InChI is InChI=1S/C34H40N2O11/c1-19(2)29-26(16-25-14-10-11-15-27(25)42-17-24-12-8-7-9-13-24)33(36-35-29)47-34-32(45-23(6)40)31(44-22(5)39)30(43-21(4)38)28(46-34)18-41-20(3)37/h7-15,19,28,30-32,34H,16-18H2,1-6H3,(H,35,36)/t28-,30-,31+,32-,34?/m1/s1. The Balaban J connectivity index is 1.70. The largest absolute Gasteiger partial charge is 0.489 e. The fourth-order valence-electron chi connectivity index (χ4n) is 5.22. The number of hydrogen-bond acceptors (Lipinski definition) is 12. The van der Waals surface area contributed by atoms with Crippen molar-refractivity contribution >= 4 is 23.9 Å². The molecule has 1 aromatic heterocycles. The molecule has 0 aliphatic carbocycles. The fraction of sp³-hybridized carbons (Fsp3) is 0.441. The van der Waals surface area contributed by atoms with Crippen molar-refractivity contribution in [2.75, 3.05) is 6.61 Å². The summed E-state index contributed by atoms with van der Waals surface area (Å²) < 4.78 is 40.4. The number of esters is 4. The van der Waals surface area contributed by atoms with Crippen LogP contribution in [0.1, 0.15) is 69.8 Å². The van der Waals surface area contributed by atoms with E-state index in [1.807, 2.05) is 68.4 Å². The molecule has 1 aliphatic heterocycles. The number of carbonyl (C=O) groups excluding carboxylic acids is 4. The Hall–Kier alpha value is -4.91. The van der Waals surface area contributed by atoms with Crippen molar-refractivity contribution in [3.63, 3.8) is 0 Å². The van der Waals surface area contributed by atoms with Crippen LogP contribution in [-0.4, -0.2) is 71.4 Å². The van der Waals surface area contributed by atoms with Gasteiger partial charge in [0.05, 0.1) is 0 Å². The minimum absolute atomic E-state index is 0.00245. The number of rotatable bonds is 13.